The highest BCUT2D eigenvalue weighted by Gasteiger charge is 2.27. The maximum Gasteiger partial charge on any atom is 0.411 e. The number of rotatable bonds is 7. The number of nitrogens with one attached hydrogen (secondary N) is 1. The second-order valence-electron chi connectivity index (χ2n) is 3.69. The normalized spacial score (nSPS) is 11.8. The van der Waals surface area contributed by atoms with Crippen molar-refractivity contribution in [2.75, 3.05) is 26.0 Å². The van der Waals surface area contributed by atoms with E-state index < -0.39 is 12.8 Å². The Kier molecular flexibility index (Phi) is 6.52. The lowest BCUT2D eigenvalue weighted by molar-refractivity contribution is -0.173. The number of ether oxygens (including phenoxy) is 1. The van der Waals surface area contributed by atoms with E-state index in [9.17, 15) is 13.2 Å². The smallest absolute Gasteiger partial charge is 0.371 e. The van der Waals surface area contributed by atoms with Crippen LogP contribution in [0.15, 0.2) is 29.2 Å². The molecule has 0 spiro atoms. The van der Waals surface area contributed by atoms with E-state index in [2.05, 4.69) is 10.1 Å². The first-order valence-electron chi connectivity index (χ1n) is 5.49. The Morgan fingerprint density at radius 3 is 2.44 bits per heavy atom. The summed E-state index contributed by atoms with van der Waals surface area (Å²) in [5.74, 6) is 0. The van der Waals surface area contributed by atoms with Crippen molar-refractivity contribution in [1.82, 2.24) is 5.32 Å². The summed E-state index contributed by atoms with van der Waals surface area (Å²) in [5, 5.41) is 3.03. The van der Waals surface area contributed by atoms with Crippen LogP contribution in [0.1, 0.15) is 5.56 Å². The standard InChI is InChI=1S/C12H16F3NOS/c1-18-11-4-2-10(3-5-11)8-16-6-7-17-9-12(13,14)15/h2-5,16H,6-9H2,1H3. The van der Waals surface area contributed by atoms with Crippen molar-refractivity contribution in [1.29, 1.82) is 0 Å². The first kappa shape index (κ1) is 15.3. The average Bonchev–Trinajstić information content (AvgIpc) is 2.33. The van der Waals surface area contributed by atoms with Crippen LogP contribution in [0.2, 0.25) is 0 Å². The van der Waals surface area contributed by atoms with Crippen LogP contribution in [0.25, 0.3) is 0 Å². The van der Waals surface area contributed by atoms with Gasteiger partial charge in [0.15, 0.2) is 0 Å². The molecule has 0 radical (unpaired) electrons. The van der Waals surface area contributed by atoms with E-state index in [0.717, 1.165) is 5.56 Å². The fraction of sp³-hybridized carbons (Fsp3) is 0.500. The molecular weight excluding hydrogens is 263 g/mol. The molecule has 1 aromatic rings. The molecule has 1 N–H and O–H groups in total. The van der Waals surface area contributed by atoms with E-state index in [4.69, 9.17) is 0 Å². The van der Waals surface area contributed by atoms with Gasteiger partial charge in [-0.15, -0.1) is 11.8 Å². The van der Waals surface area contributed by atoms with Crippen molar-refractivity contribution in [2.24, 2.45) is 0 Å². The van der Waals surface area contributed by atoms with Gasteiger partial charge < -0.3 is 10.1 Å². The minimum absolute atomic E-state index is 0.0579. The van der Waals surface area contributed by atoms with E-state index in [1.165, 1.54) is 4.90 Å². The highest BCUT2D eigenvalue weighted by atomic mass is 32.2. The summed E-state index contributed by atoms with van der Waals surface area (Å²) >= 11 is 1.67. The minimum atomic E-state index is -4.24. The first-order valence-corrected chi connectivity index (χ1v) is 6.72. The van der Waals surface area contributed by atoms with Gasteiger partial charge in [0.1, 0.15) is 6.61 Å². The van der Waals surface area contributed by atoms with Crippen LogP contribution in [0.5, 0.6) is 0 Å². The molecule has 0 amide bonds. The lowest BCUT2D eigenvalue weighted by Gasteiger charge is -2.08. The van der Waals surface area contributed by atoms with Gasteiger partial charge in [-0.3, -0.25) is 0 Å². The molecule has 0 aliphatic carbocycles. The summed E-state index contributed by atoms with van der Waals surface area (Å²) < 4.78 is 39.7. The van der Waals surface area contributed by atoms with Crippen LogP contribution in [0.4, 0.5) is 13.2 Å². The van der Waals surface area contributed by atoms with Crippen molar-refractivity contribution < 1.29 is 17.9 Å². The lowest BCUT2D eigenvalue weighted by atomic mass is 10.2. The summed E-state index contributed by atoms with van der Waals surface area (Å²) in [4.78, 5) is 1.19. The highest BCUT2D eigenvalue weighted by molar-refractivity contribution is 7.98. The van der Waals surface area contributed by atoms with Gasteiger partial charge in [-0.2, -0.15) is 13.2 Å². The van der Waals surface area contributed by atoms with Gasteiger partial charge in [-0.1, -0.05) is 12.1 Å². The summed E-state index contributed by atoms with van der Waals surface area (Å²) in [5.41, 5.74) is 1.10. The van der Waals surface area contributed by atoms with Crippen molar-refractivity contribution in [3.05, 3.63) is 29.8 Å². The number of benzene rings is 1. The van der Waals surface area contributed by atoms with Crippen molar-refractivity contribution in [3.8, 4) is 0 Å². The Hall–Kier alpha value is -0.720. The van der Waals surface area contributed by atoms with E-state index in [-0.39, 0.29) is 6.61 Å². The maximum absolute atomic E-state index is 11.8. The lowest BCUT2D eigenvalue weighted by Crippen LogP contribution is -2.23. The molecule has 0 bridgehead atoms. The van der Waals surface area contributed by atoms with Crippen LogP contribution in [-0.4, -0.2) is 32.2 Å². The Morgan fingerprint density at radius 2 is 1.89 bits per heavy atom. The van der Waals surface area contributed by atoms with Gasteiger partial charge in [0.25, 0.3) is 0 Å². The van der Waals surface area contributed by atoms with Gasteiger partial charge in [0.2, 0.25) is 0 Å². The van der Waals surface area contributed by atoms with E-state index in [1.54, 1.807) is 11.8 Å². The molecule has 6 heteroatoms. The average molecular weight is 279 g/mol. The zero-order valence-corrected chi connectivity index (χ0v) is 10.9. The van der Waals surface area contributed by atoms with Crippen molar-refractivity contribution in [2.45, 2.75) is 17.6 Å². The Bertz CT molecular complexity index is 340. The third-order valence-corrected chi connectivity index (χ3v) is 2.92. The van der Waals surface area contributed by atoms with Crippen LogP contribution < -0.4 is 5.32 Å². The molecule has 1 aromatic carbocycles. The van der Waals surface area contributed by atoms with E-state index in [1.807, 2.05) is 30.5 Å². The minimum Gasteiger partial charge on any atom is -0.371 e. The quantitative estimate of drug-likeness (QED) is 0.612. The third-order valence-electron chi connectivity index (χ3n) is 2.18. The summed E-state index contributed by atoms with van der Waals surface area (Å²) in [6.07, 6.45) is -2.24. The number of alkyl halides is 3. The topological polar surface area (TPSA) is 21.3 Å². The number of hydrogen-bond donors (Lipinski definition) is 1. The zero-order chi connectivity index (χ0) is 13.4. The van der Waals surface area contributed by atoms with Crippen molar-refractivity contribution in [3.63, 3.8) is 0 Å². The van der Waals surface area contributed by atoms with Crippen LogP contribution in [0, 0.1) is 0 Å². The Labute approximate surface area is 109 Å². The molecule has 18 heavy (non-hydrogen) atoms. The number of thioether (sulfide) groups is 1. The van der Waals surface area contributed by atoms with Gasteiger partial charge in [-0.05, 0) is 24.0 Å². The fourth-order valence-corrected chi connectivity index (χ4v) is 1.72. The van der Waals surface area contributed by atoms with E-state index in [0.29, 0.717) is 13.1 Å². The molecule has 0 heterocycles. The van der Waals surface area contributed by atoms with Crippen LogP contribution >= 0.6 is 11.8 Å². The molecule has 0 aromatic heterocycles. The molecule has 0 aliphatic rings. The number of hydrogen-bond acceptors (Lipinski definition) is 3. The molecule has 102 valence electrons. The highest BCUT2D eigenvalue weighted by Crippen LogP contribution is 2.15. The number of halogens is 3. The predicted molar refractivity (Wildman–Crippen MR) is 66.8 cm³/mol. The van der Waals surface area contributed by atoms with Gasteiger partial charge in [-0.25, -0.2) is 0 Å². The second kappa shape index (κ2) is 7.66. The zero-order valence-electron chi connectivity index (χ0n) is 10.1. The monoisotopic (exact) mass is 279 g/mol. The van der Waals surface area contributed by atoms with Gasteiger partial charge in [0.05, 0.1) is 6.61 Å². The Balaban J connectivity index is 2.10. The second-order valence-corrected chi connectivity index (χ2v) is 4.57. The fourth-order valence-electron chi connectivity index (χ4n) is 1.31. The molecule has 0 saturated heterocycles. The maximum atomic E-state index is 11.8. The molecule has 0 aliphatic heterocycles. The predicted octanol–water partition coefficient (Wildman–Crippen LogP) is 3.08. The summed E-state index contributed by atoms with van der Waals surface area (Å²) in [6, 6.07) is 8.02. The first-order chi connectivity index (χ1) is 8.51. The molecule has 1 rings (SSSR count). The Morgan fingerprint density at radius 1 is 1.22 bits per heavy atom. The van der Waals surface area contributed by atoms with Crippen LogP contribution in [-0.2, 0) is 11.3 Å². The third kappa shape index (κ3) is 6.88. The molecular formula is C12H16F3NOS. The molecule has 0 saturated carbocycles. The van der Waals surface area contributed by atoms with Gasteiger partial charge >= 0.3 is 6.18 Å². The van der Waals surface area contributed by atoms with E-state index >= 15 is 0 Å². The molecule has 0 fully saturated rings. The SMILES string of the molecule is CSc1ccc(CNCCOCC(F)(F)F)cc1. The summed E-state index contributed by atoms with van der Waals surface area (Å²) in [7, 11) is 0. The molecule has 0 atom stereocenters. The summed E-state index contributed by atoms with van der Waals surface area (Å²) in [6.45, 7) is -0.0933. The largest absolute Gasteiger partial charge is 0.411 e. The van der Waals surface area contributed by atoms with Gasteiger partial charge in [0, 0.05) is 18.0 Å². The van der Waals surface area contributed by atoms with Crippen LogP contribution in [0.3, 0.4) is 0 Å². The molecule has 0 unspecified atom stereocenters. The van der Waals surface area contributed by atoms with Crippen molar-refractivity contribution >= 4 is 11.8 Å². The molecule has 2 nitrogen and oxygen atoms in total.